The summed E-state index contributed by atoms with van der Waals surface area (Å²) < 4.78 is 1.88. The van der Waals surface area contributed by atoms with Gasteiger partial charge in [-0.25, -0.2) is 4.98 Å². The number of hydrogen-bond acceptors (Lipinski definition) is 4. The van der Waals surface area contributed by atoms with Crippen LogP contribution in [-0.4, -0.2) is 28.4 Å². The monoisotopic (exact) mass is 277 g/mol. The van der Waals surface area contributed by atoms with Gasteiger partial charge in [0.2, 0.25) is 0 Å². The molecule has 0 atom stereocenters. The van der Waals surface area contributed by atoms with Crippen LogP contribution in [0.3, 0.4) is 0 Å². The smallest absolute Gasteiger partial charge is 0.130 e. The first-order valence-electron chi connectivity index (χ1n) is 6.76. The minimum absolute atomic E-state index is 0.654. The van der Waals surface area contributed by atoms with Gasteiger partial charge in [0.25, 0.3) is 0 Å². The number of nitriles is 1. The Kier molecular flexibility index (Phi) is 3.52. The summed E-state index contributed by atoms with van der Waals surface area (Å²) in [7, 11) is 1.97. The minimum Gasteiger partial charge on any atom is -0.358 e. The Morgan fingerprint density at radius 2 is 2.14 bits per heavy atom. The predicted octanol–water partition coefficient (Wildman–Crippen LogP) is 2.44. The molecule has 1 aromatic carbocycles. The Labute approximate surface area is 123 Å². The lowest BCUT2D eigenvalue weighted by atomic mass is 10.1. The summed E-state index contributed by atoms with van der Waals surface area (Å²) in [6, 6.07) is 13.7. The Hall–Kier alpha value is -2.87. The first kappa shape index (κ1) is 13.1. The van der Waals surface area contributed by atoms with E-state index < -0.39 is 0 Å². The van der Waals surface area contributed by atoms with E-state index in [0.717, 1.165) is 29.8 Å². The molecule has 3 rings (SSSR count). The molecule has 0 aliphatic rings. The van der Waals surface area contributed by atoms with Gasteiger partial charge in [0, 0.05) is 31.4 Å². The second kappa shape index (κ2) is 5.63. The van der Waals surface area contributed by atoms with Crippen LogP contribution >= 0.6 is 0 Å². The van der Waals surface area contributed by atoms with Crippen LogP contribution in [0.4, 0.5) is 5.82 Å². The zero-order chi connectivity index (χ0) is 14.7. The lowest BCUT2D eigenvalue weighted by molar-refractivity contribution is 0.610. The van der Waals surface area contributed by atoms with Crippen LogP contribution in [0.5, 0.6) is 0 Å². The molecule has 0 aliphatic heterocycles. The summed E-state index contributed by atoms with van der Waals surface area (Å²) in [5.74, 6) is 0.803. The summed E-state index contributed by atoms with van der Waals surface area (Å²) in [6.07, 6.45) is 3.70. The highest BCUT2D eigenvalue weighted by Crippen LogP contribution is 2.21. The van der Waals surface area contributed by atoms with Crippen LogP contribution in [0.15, 0.2) is 48.8 Å². The number of likely N-dealkylation sites (N-methyl/N-ethyl adjacent to an activating group) is 1. The number of benzene rings is 1. The first-order chi connectivity index (χ1) is 10.3. The second-order valence-corrected chi connectivity index (χ2v) is 4.85. The molecule has 0 spiro atoms. The third kappa shape index (κ3) is 2.70. The maximum atomic E-state index is 9.31. The van der Waals surface area contributed by atoms with Crippen molar-refractivity contribution in [1.29, 1.82) is 5.26 Å². The van der Waals surface area contributed by atoms with Gasteiger partial charge >= 0.3 is 0 Å². The van der Waals surface area contributed by atoms with Crippen LogP contribution in [0, 0.1) is 11.3 Å². The number of aromatic nitrogens is 3. The summed E-state index contributed by atoms with van der Waals surface area (Å²) in [5.41, 5.74) is 1.50. The maximum Gasteiger partial charge on any atom is 0.130 e. The Bertz CT molecular complexity index is 786. The number of para-hydroxylation sites is 1. The first-order valence-corrected chi connectivity index (χ1v) is 6.76. The average Bonchev–Trinajstić information content (AvgIpc) is 3.04. The van der Waals surface area contributed by atoms with Crippen molar-refractivity contribution < 1.29 is 0 Å². The van der Waals surface area contributed by atoms with E-state index in [-0.39, 0.29) is 0 Å². The molecule has 3 aromatic rings. The fourth-order valence-electron chi connectivity index (χ4n) is 2.25. The standard InChI is InChI=1S/C16H15N5/c1-20(9-10-21-8-4-7-18-21)16-11-13(12-17)14-5-2-3-6-15(14)19-16/h2-8,11H,9-10H2,1H3. The summed E-state index contributed by atoms with van der Waals surface area (Å²) in [5, 5.41) is 14.4. The Balaban J connectivity index is 1.87. The maximum absolute atomic E-state index is 9.31. The SMILES string of the molecule is CN(CCn1cccn1)c1cc(C#N)c2ccccc2n1. The van der Waals surface area contributed by atoms with Crippen LogP contribution in [0.25, 0.3) is 10.9 Å². The molecule has 0 fully saturated rings. The van der Waals surface area contributed by atoms with Gasteiger partial charge in [0.05, 0.1) is 23.7 Å². The lowest BCUT2D eigenvalue weighted by Gasteiger charge is -2.19. The Morgan fingerprint density at radius 1 is 1.29 bits per heavy atom. The van der Waals surface area contributed by atoms with Crippen LogP contribution in [0.1, 0.15) is 5.56 Å². The van der Waals surface area contributed by atoms with Gasteiger partial charge in [-0.2, -0.15) is 10.4 Å². The molecule has 0 aliphatic carbocycles. The van der Waals surface area contributed by atoms with Gasteiger partial charge in [0.1, 0.15) is 5.82 Å². The van der Waals surface area contributed by atoms with Gasteiger partial charge in [0.15, 0.2) is 0 Å². The normalized spacial score (nSPS) is 10.5. The van der Waals surface area contributed by atoms with Crippen molar-refractivity contribution >= 4 is 16.7 Å². The van der Waals surface area contributed by atoms with Crippen molar-refractivity contribution in [1.82, 2.24) is 14.8 Å². The highest BCUT2D eigenvalue weighted by atomic mass is 15.3. The third-order valence-corrected chi connectivity index (χ3v) is 3.44. The molecule has 0 saturated carbocycles. The molecule has 0 amide bonds. The number of rotatable bonds is 4. The molecular formula is C16H15N5. The third-order valence-electron chi connectivity index (χ3n) is 3.44. The van der Waals surface area contributed by atoms with Gasteiger partial charge in [-0.15, -0.1) is 0 Å². The van der Waals surface area contributed by atoms with E-state index in [9.17, 15) is 5.26 Å². The fourth-order valence-corrected chi connectivity index (χ4v) is 2.25. The van der Waals surface area contributed by atoms with Crippen molar-refractivity contribution in [3.63, 3.8) is 0 Å². The van der Waals surface area contributed by atoms with Crippen LogP contribution < -0.4 is 4.90 Å². The molecule has 0 bridgehead atoms. The van der Waals surface area contributed by atoms with Crippen molar-refractivity contribution in [2.75, 3.05) is 18.5 Å². The number of pyridine rings is 1. The van der Waals surface area contributed by atoms with E-state index >= 15 is 0 Å². The summed E-state index contributed by atoms with van der Waals surface area (Å²) >= 11 is 0. The fraction of sp³-hybridized carbons (Fsp3) is 0.188. The second-order valence-electron chi connectivity index (χ2n) is 4.85. The van der Waals surface area contributed by atoms with E-state index in [0.29, 0.717) is 5.56 Å². The van der Waals surface area contributed by atoms with Gasteiger partial charge in [-0.1, -0.05) is 18.2 Å². The van der Waals surface area contributed by atoms with E-state index in [1.807, 2.05) is 59.2 Å². The van der Waals surface area contributed by atoms with Crippen molar-refractivity contribution in [3.8, 4) is 6.07 Å². The van der Waals surface area contributed by atoms with Crippen LogP contribution in [-0.2, 0) is 6.54 Å². The zero-order valence-electron chi connectivity index (χ0n) is 11.8. The number of nitrogens with zero attached hydrogens (tertiary/aromatic N) is 5. The minimum atomic E-state index is 0.654. The van der Waals surface area contributed by atoms with Gasteiger partial charge < -0.3 is 4.90 Å². The van der Waals surface area contributed by atoms with E-state index in [1.54, 1.807) is 6.20 Å². The molecule has 2 aromatic heterocycles. The average molecular weight is 277 g/mol. The molecule has 0 saturated heterocycles. The largest absolute Gasteiger partial charge is 0.358 e. The molecule has 0 radical (unpaired) electrons. The van der Waals surface area contributed by atoms with E-state index in [1.165, 1.54) is 0 Å². The quantitative estimate of drug-likeness (QED) is 0.735. The molecule has 5 heteroatoms. The van der Waals surface area contributed by atoms with Gasteiger partial charge in [-0.3, -0.25) is 4.68 Å². The lowest BCUT2D eigenvalue weighted by Crippen LogP contribution is -2.23. The predicted molar refractivity (Wildman–Crippen MR) is 82.0 cm³/mol. The molecule has 2 heterocycles. The van der Waals surface area contributed by atoms with Gasteiger partial charge in [-0.05, 0) is 18.2 Å². The molecule has 104 valence electrons. The number of hydrogen-bond donors (Lipinski definition) is 0. The molecule has 0 N–H and O–H groups in total. The molecule has 0 unspecified atom stereocenters. The molecule has 21 heavy (non-hydrogen) atoms. The highest BCUT2D eigenvalue weighted by Gasteiger charge is 2.08. The number of anilines is 1. The Morgan fingerprint density at radius 3 is 2.90 bits per heavy atom. The molecule has 5 nitrogen and oxygen atoms in total. The summed E-state index contributed by atoms with van der Waals surface area (Å²) in [4.78, 5) is 6.67. The zero-order valence-corrected chi connectivity index (χ0v) is 11.8. The van der Waals surface area contributed by atoms with Crippen molar-refractivity contribution in [2.24, 2.45) is 0 Å². The summed E-state index contributed by atoms with van der Waals surface area (Å²) in [6.45, 7) is 1.55. The topological polar surface area (TPSA) is 57.7 Å². The van der Waals surface area contributed by atoms with Crippen molar-refractivity contribution in [2.45, 2.75) is 6.54 Å². The van der Waals surface area contributed by atoms with Crippen molar-refractivity contribution in [3.05, 3.63) is 54.4 Å². The number of fused-ring (bicyclic) bond motifs is 1. The molecular weight excluding hydrogens is 262 g/mol. The van der Waals surface area contributed by atoms with E-state index in [2.05, 4.69) is 16.2 Å². The van der Waals surface area contributed by atoms with Crippen LogP contribution in [0.2, 0.25) is 0 Å². The van der Waals surface area contributed by atoms with E-state index in [4.69, 9.17) is 0 Å². The highest BCUT2D eigenvalue weighted by molar-refractivity contribution is 5.86.